The molecule has 0 spiro atoms. The van der Waals surface area contributed by atoms with Gasteiger partial charge in [0.15, 0.2) is 0 Å². The summed E-state index contributed by atoms with van der Waals surface area (Å²) in [6, 6.07) is 10.6. The first kappa shape index (κ1) is 10.3. The molecular formula is C12H11BrN2. The number of aryl methyl sites for hydroxylation is 1. The van der Waals surface area contributed by atoms with Crippen LogP contribution < -0.4 is 0 Å². The van der Waals surface area contributed by atoms with E-state index < -0.39 is 0 Å². The van der Waals surface area contributed by atoms with E-state index in [0.29, 0.717) is 6.42 Å². The first-order valence-electron chi connectivity index (χ1n) is 4.87. The maximum Gasteiger partial charge on any atom is 0.0625 e. The Morgan fingerprint density at radius 1 is 1.33 bits per heavy atom. The van der Waals surface area contributed by atoms with Gasteiger partial charge in [-0.15, -0.1) is 0 Å². The predicted octanol–water partition coefficient (Wildman–Crippen LogP) is 3.52. The van der Waals surface area contributed by atoms with Crippen molar-refractivity contribution in [2.75, 3.05) is 0 Å². The van der Waals surface area contributed by atoms with Gasteiger partial charge in [-0.1, -0.05) is 28.1 Å². The number of nitrogens with one attached hydrogen (secondary N) is 1. The fourth-order valence-electron chi connectivity index (χ4n) is 1.66. The Hall–Kier alpha value is -1.27. The molecule has 0 atom stereocenters. The number of halogens is 1. The summed E-state index contributed by atoms with van der Waals surface area (Å²) in [5.41, 5.74) is 3.55. The number of nitrogens with zero attached hydrogens (tertiary/aromatic N) is 1. The largest absolute Gasteiger partial charge is 0.358 e. The normalized spacial score (nSPS) is 10.4. The first-order valence-corrected chi connectivity index (χ1v) is 5.99. The Morgan fingerprint density at radius 3 is 2.93 bits per heavy atom. The molecule has 0 unspecified atom stereocenters. The summed E-state index contributed by atoms with van der Waals surface area (Å²) in [4.78, 5) is 3.33. The summed E-state index contributed by atoms with van der Waals surface area (Å²) in [5.74, 6) is 0. The third kappa shape index (κ3) is 2.21. The Morgan fingerprint density at radius 2 is 2.20 bits per heavy atom. The van der Waals surface area contributed by atoms with E-state index in [-0.39, 0.29) is 0 Å². The number of rotatable bonds is 3. The Balaban J connectivity index is 2.34. The number of alkyl halides is 1. The Kier molecular flexibility index (Phi) is 3.08. The molecule has 2 aromatic rings. The van der Waals surface area contributed by atoms with Crippen LogP contribution in [0.3, 0.4) is 0 Å². The number of nitriles is 1. The van der Waals surface area contributed by atoms with Gasteiger partial charge in [0.2, 0.25) is 0 Å². The van der Waals surface area contributed by atoms with Crippen LogP contribution in [0.25, 0.3) is 10.9 Å². The van der Waals surface area contributed by atoms with Gasteiger partial charge in [-0.3, -0.25) is 0 Å². The van der Waals surface area contributed by atoms with E-state index >= 15 is 0 Å². The molecule has 0 radical (unpaired) electrons. The summed E-state index contributed by atoms with van der Waals surface area (Å²) < 4.78 is 0. The van der Waals surface area contributed by atoms with Crippen LogP contribution in [0.1, 0.15) is 17.7 Å². The maximum atomic E-state index is 8.52. The zero-order valence-corrected chi connectivity index (χ0v) is 9.84. The van der Waals surface area contributed by atoms with Crippen molar-refractivity contribution in [1.29, 1.82) is 5.26 Å². The second-order valence-corrected chi connectivity index (χ2v) is 4.07. The topological polar surface area (TPSA) is 39.6 Å². The molecule has 0 aliphatic heterocycles. The number of hydrogen-bond acceptors (Lipinski definition) is 1. The highest BCUT2D eigenvalue weighted by atomic mass is 79.9. The lowest BCUT2D eigenvalue weighted by Crippen LogP contribution is -1.83. The third-order valence-electron chi connectivity index (χ3n) is 2.41. The molecule has 15 heavy (non-hydrogen) atoms. The SMILES string of the molecule is N#CCCc1ccc2cc(CBr)[nH]c2c1. The molecule has 76 valence electrons. The molecule has 0 fully saturated rings. The lowest BCUT2D eigenvalue weighted by molar-refractivity contribution is 1.01. The van der Waals surface area contributed by atoms with Gasteiger partial charge in [-0.05, 0) is 29.5 Å². The average Bonchev–Trinajstić information content (AvgIpc) is 2.68. The molecule has 0 aliphatic carbocycles. The van der Waals surface area contributed by atoms with Crippen molar-refractivity contribution in [2.45, 2.75) is 18.2 Å². The molecular weight excluding hydrogens is 252 g/mol. The summed E-state index contributed by atoms with van der Waals surface area (Å²) in [6.07, 6.45) is 1.41. The fraction of sp³-hybridized carbons (Fsp3) is 0.250. The molecule has 2 nitrogen and oxygen atoms in total. The average molecular weight is 263 g/mol. The van der Waals surface area contributed by atoms with E-state index in [2.05, 4.69) is 51.2 Å². The molecule has 0 saturated carbocycles. The van der Waals surface area contributed by atoms with E-state index in [9.17, 15) is 0 Å². The molecule has 2 rings (SSSR count). The van der Waals surface area contributed by atoms with Gasteiger partial charge in [-0.25, -0.2) is 0 Å². The van der Waals surface area contributed by atoms with Crippen molar-refractivity contribution in [3.63, 3.8) is 0 Å². The summed E-state index contributed by atoms with van der Waals surface area (Å²) in [6.45, 7) is 0. The highest BCUT2D eigenvalue weighted by Gasteiger charge is 2.00. The smallest absolute Gasteiger partial charge is 0.0625 e. The van der Waals surface area contributed by atoms with Crippen molar-refractivity contribution in [2.24, 2.45) is 0 Å². The van der Waals surface area contributed by atoms with Gasteiger partial charge in [0, 0.05) is 23.0 Å². The zero-order chi connectivity index (χ0) is 10.7. The highest BCUT2D eigenvalue weighted by Crippen LogP contribution is 2.19. The maximum absolute atomic E-state index is 8.52. The summed E-state index contributed by atoms with van der Waals surface area (Å²) >= 11 is 3.42. The minimum atomic E-state index is 0.581. The van der Waals surface area contributed by atoms with Crippen LogP contribution in [0.5, 0.6) is 0 Å². The fourth-order valence-corrected chi connectivity index (χ4v) is 1.96. The molecule has 1 N–H and O–H groups in total. The Bertz CT molecular complexity index is 508. The van der Waals surface area contributed by atoms with Crippen LogP contribution in [0.4, 0.5) is 0 Å². The lowest BCUT2D eigenvalue weighted by Gasteiger charge is -1.96. The van der Waals surface area contributed by atoms with Crippen LogP contribution in [-0.2, 0) is 11.8 Å². The molecule has 1 aromatic carbocycles. The minimum Gasteiger partial charge on any atom is -0.358 e. The molecule has 3 heteroatoms. The quantitative estimate of drug-likeness (QED) is 0.845. The van der Waals surface area contributed by atoms with Gasteiger partial charge in [0.1, 0.15) is 0 Å². The van der Waals surface area contributed by atoms with E-state index in [1.807, 2.05) is 0 Å². The highest BCUT2D eigenvalue weighted by molar-refractivity contribution is 9.08. The molecule has 1 aromatic heterocycles. The summed E-state index contributed by atoms with van der Waals surface area (Å²) in [5, 5.41) is 10.6. The third-order valence-corrected chi connectivity index (χ3v) is 3.02. The molecule has 0 bridgehead atoms. The number of fused-ring (bicyclic) bond motifs is 1. The van der Waals surface area contributed by atoms with Crippen LogP contribution in [0, 0.1) is 11.3 Å². The number of aromatic nitrogens is 1. The van der Waals surface area contributed by atoms with Crippen molar-refractivity contribution in [1.82, 2.24) is 4.98 Å². The predicted molar refractivity (Wildman–Crippen MR) is 64.9 cm³/mol. The van der Waals surface area contributed by atoms with Crippen LogP contribution in [-0.4, -0.2) is 4.98 Å². The monoisotopic (exact) mass is 262 g/mol. The zero-order valence-electron chi connectivity index (χ0n) is 8.26. The van der Waals surface area contributed by atoms with Crippen LogP contribution in [0.2, 0.25) is 0 Å². The number of H-pyrrole nitrogens is 1. The van der Waals surface area contributed by atoms with E-state index in [1.54, 1.807) is 0 Å². The molecule has 0 amide bonds. The van der Waals surface area contributed by atoms with Crippen LogP contribution >= 0.6 is 15.9 Å². The van der Waals surface area contributed by atoms with Crippen molar-refractivity contribution in [3.8, 4) is 6.07 Å². The van der Waals surface area contributed by atoms with Gasteiger partial charge in [0.25, 0.3) is 0 Å². The van der Waals surface area contributed by atoms with E-state index in [1.165, 1.54) is 16.6 Å². The lowest BCUT2D eigenvalue weighted by atomic mass is 10.1. The van der Waals surface area contributed by atoms with E-state index in [4.69, 9.17) is 5.26 Å². The number of hydrogen-bond donors (Lipinski definition) is 1. The second-order valence-electron chi connectivity index (χ2n) is 3.51. The number of benzene rings is 1. The molecule has 0 saturated heterocycles. The van der Waals surface area contributed by atoms with Crippen molar-refractivity contribution >= 4 is 26.8 Å². The van der Waals surface area contributed by atoms with Gasteiger partial charge in [0.05, 0.1) is 6.07 Å². The van der Waals surface area contributed by atoms with E-state index in [0.717, 1.165) is 17.3 Å². The minimum absolute atomic E-state index is 0.581. The summed E-state index contributed by atoms with van der Waals surface area (Å²) in [7, 11) is 0. The first-order chi connectivity index (χ1) is 7.33. The van der Waals surface area contributed by atoms with Gasteiger partial charge >= 0.3 is 0 Å². The number of aromatic amines is 1. The second kappa shape index (κ2) is 4.50. The Labute approximate surface area is 97.0 Å². The van der Waals surface area contributed by atoms with Gasteiger partial charge < -0.3 is 4.98 Å². The van der Waals surface area contributed by atoms with Crippen molar-refractivity contribution < 1.29 is 0 Å². The van der Waals surface area contributed by atoms with Crippen molar-refractivity contribution in [3.05, 3.63) is 35.5 Å². The molecule has 0 aliphatic rings. The van der Waals surface area contributed by atoms with Gasteiger partial charge in [-0.2, -0.15) is 5.26 Å². The van der Waals surface area contributed by atoms with Crippen LogP contribution in [0.15, 0.2) is 24.3 Å². The molecule has 1 heterocycles. The standard InChI is InChI=1S/C12H11BrN2/c13-8-11-7-10-4-3-9(2-1-5-14)6-12(10)15-11/h3-4,6-7,15H,1-2,8H2.